The summed E-state index contributed by atoms with van der Waals surface area (Å²) in [5.74, 6) is -0.625. The van der Waals surface area contributed by atoms with Crippen LogP contribution in [0.2, 0.25) is 0 Å². The zero-order valence-corrected chi connectivity index (χ0v) is 19.9. The number of anilines is 1. The largest absolute Gasteiger partial charge is 0.478 e. The van der Waals surface area contributed by atoms with Crippen molar-refractivity contribution >= 4 is 21.8 Å². The van der Waals surface area contributed by atoms with Crippen LogP contribution in [0.15, 0.2) is 53.7 Å². The van der Waals surface area contributed by atoms with E-state index in [1.807, 2.05) is 26.0 Å². The molecule has 0 amide bonds. The summed E-state index contributed by atoms with van der Waals surface area (Å²) in [5.41, 5.74) is 2.41. The Hall–Kier alpha value is -3.53. The van der Waals surface area contributed by atoms with Gasteiger partial charge < -0.3 is 9.47 Å². The van der Waals surface area contributed by atoms with E-state index in [0.29, 0.717) is 11.3 Å². The Balaban J connectivity index is 1.94. The van der Waals surface area contributed by atoms with Gasteiger partial charge in [0.1, 0.15) is 4.90 Å². The van der Waals surface area contributed by atoms with Crippen LogP contribution in [0, 0.1) is 12.8 Å². The molecule has 9 nitrogen and oxygen atoms in total. The molecule has 3 aromatic rings. The summed E-state index contributed by atoms with van der Waals surface area (Å²) in [6.07, 6.45) is 2.97. The quantitative estimate of drug-likeness (QED) is 0.496. The number of pyridine rings is 1. The number of benzene rings is 1. The van der Waals surface area contributed by atoms with Crippen LogP contribution < -0.4 is 9.46 Å². The minimum atomic E-state index is -4.05. The second-order valence-corrected chi connectivity index (χ2v) is 9.20. The first-order valence-corrected chi connectivity index (χ1v) is 11.7. The van der Waals surface area contributed by atoms with Crippen molar-refractivity contribution in [1.29, 1.82) is 0 Å². The summed E-state index contributed by atoms with van der Waals surface area (Å²) in [6.45, 7) is 5.47. The van der Waals surface area contributed by atoms with Crippen LogP contribution in [-0.4, -0.2) is 43.6 Å². The minimum Gasteiger partial charge on any atom is -0.478 e. The van der Waals surface area contributed by atoms with E-state index in [1.165, 1.54) is 32.7 Å². The average Bonchev–Trinajstić information content (AvgIpc) is 2.83. The van der Waals surface area contributed by atoms with Gasteiger partial charge in [-0.3, -0.25) is 14.5 Å². The summed E-state index contributed by atoms with van der Waals surface area (Å²) in [5, 5.41) is 0. The van der Waals surface area contributed by atoms with E-state index in [4.69, 9.17) is 9.47 Å². The van der Waals surface area contributed by atoms with Gasteiger partial charge in [-0.05, 0) is 30.5 Å². The first-order valence-electron chi connectivity index (χ1n) is 10.2. The fourth-order valence-electron chi connectivity index (χ4n) is 3.30. The smallest absolute Gasteiger partial charge is 0.308 e. The fourth-order valence-corrected chi connectivity index (χ4v) is 4.48. The van der Waals surface area contributed by atoms with Crippen LogP contribution in [0.4, 0.5) is 5.82 Å². The summed E-state index contributed by atoms with van der Waals surface area (Å²) < 4.78 is 38.8. The first kappa shape index (κ1) is 24.1. The van der Waals surface area contributed by atoms with Gasteiger partial charge in [0.2, 0.25) is 5.82 Å². The van der Waals surface area contributed by atoms with Crippen LogP contribution >= 0.6 is 0 Å². The second-order valence-electron chi connectivity index (χ2n) is 7.55. The van der Waals surface area contributed by atoms with Gasteiger partial charge in [0.25, 0.3) is 15.9 Å². The third-order valence-electron chi connectivity index (χ3n) is 5.38. The van der Waals surface area contributed by atoms with Crippen molar-refractivity contribution in [2.24, 2.45) is 5.92 Å². The van der Waals surface area contributed by atoms with E-state index >= 15 is 0 Å². The average molecular weight is 471 g/mol. The van der Waals surface area contributed by atoms with E-state index in [-0.39, 0.29) is 40.1 Å². The molecule has 0 aliphatic rings. The Morgan fingerprint density at radius 3 is 2.39 bits per heavy atom. The zero-order valence-electron chi connectivity index (χ0n) is 19.1. The summed E-state index contributed by atoms with van der Waals surface area (Å²) in [4.78, 5) is 24.4. The molecule has 0 bridgehead atoms. The number of aryl methyl sites for hydroxylation is 1. The zero-order chi connectivity index (χ0) is 24.2. The third kappa shape index (κ3) is 5.28. The lowest BCUT2D eigenvalue weighted by atomic mass is 9.88. The number of sulfonamides is 1. The molecule has 0 radical (unpaired) electrons. The maximum atomic E-state index is 13.2. The number of nitrogens with zero attached hydrogens (tertiary/aromatic N) is 3. The number of carbonyl (C=O) groups is 1. The number of hydrogen-bond donors (Lipinski definition) is 1. The lowest BCUT2D eigenvalue weighted by Gasteiger charge is -2.18. The van der Waals surface area contributed by atoms with Gasteiger partial charge in [-0.25, -0.2) is 18.4 Å². The summed E-state index contributed by atoms with van der Waals surface area (Å²) >= 11 is 0. The van der Waals surface area contributed by atoms with Gasteiger partial charge in [0, 0.05) is 11.8 Å². The Bertz CT molecular complexity index is 1250. The number of hydrogen-bond acceptors (Lipinski definition) is 8. The van der Waals surface area contributed by atoms with Gasteiger partial charge in [-0.2, -0.15) is 0 Å². The fraction of sp³-hybridized carbons (Fsp3) is 0.304. The molecule has 0 aliphatic heterocycles. The molecule has 0 aliphatic carbocycles. The van der Waals surface area contributed by atoms with Crippen molar-refractivity contribution in [1.82, 2.24) is 15.0 Å². The van der Waals surface area contributed by atoms with Crippen LogP contribution in [-0.2, 0) is 19.6 Å². The maximum Gasteiger partial charge on any atom is 0.308 e. The van der Waals surface area contributed by atoms with E-state index < -0.39 is 10.0 Å². The molecule has 174 valence electrons. The van der Waals surface area contributed by atoms with E-state index in [1.54, 1.807) is 25.1 Å². The number of esters is 1. The standard InChI is InChI=1S/C23H26N4O5S/c1-14-13-25-21(22(26-14)31-4)27-33(29,30)19-7-6-12-24-20(19)18-10-8-17(9-11-18)15(2)16(3)23(28)32-5/h6-13,15-16H,1-5H3,(H,25,27). The predicted molar refractivity (Wildman–Crippen MR) is 123 cm³/mol. The van der Waals surface area contributed by atoms with Crippen LogP contribution in [0.1, 0.15) is 31.0 Å². The molecular weight excluding hydrogens is 444 g/mol. The first-order chi connectivity index (χ1) is 15.7. The molecule has 2 heterocycles. The molecule has 2 unspecified atom stereocenters. The number of aromatic nitrogens is 3. The molecule has 2 aromatic heterocycles. The number of methoxy groups -OCH3 is 2. The molecule has 1 aromatic carbocycles. The molecule has 2 atom stereocenters. The SMILES string of the molecule is COC(=O)C(C)C(C)c1ccc(-c2ncccc2S(=O)(=O)Nc2ncc(C)nc2OC)cc1. The van der Waals surface area contributed by atoms with Crippen LogP contribution in [0.5, 0.6) is 5.88 Å². The lowest BCUT2D eigenvalue weighted by molar-refractivity contribution is -0.145. The molecule has 33 heavy (non-hydrogen) atoms. The van der Waals surface area contributed by atoms with Crippen molar-refractivity contribution in [2.75, 3.05) is 18.9 Å². The highest BCUT2D eigenvalue weighted by Gasteiger charge is 2.25. The van der Waals surface area contributed by atoms with Crippen molar-refractivity contribution in [3.63, 3.8) is 0 Å². The van der Waals surface area contributed by atoms with Crippen molar-refractivity contribution < 1.29 is 22.7 Å². The van der Waals surface area contributed by atoms with Gasteiger partial charge in [-0.1, -0.05) is 38.1 Å². The topological polar surface area (TPSA) is 120 Å². The van der Waals surface area contributed by atoms with Crippen LogP contribution in [0.3, 0.4) is 0 Å². The summed E-state index contributed by atoms with van der Waals surface area (Å²) in [6, 6.07) is 10.3. The number of rotatable bonds is 8. The molecule has 0 saturated carbocycles. The Morgan fingerprint density at radius 2 is 1.76 bits per heavy atom. The van der Waals surface area contributed by atoms with Crippen molar-refractivity contribution in [2.45, 2.75) is 31.6 Å². The maximum absolute atomic E-state index is 13.2. The lowest BCUT2D eigenvalue weighted by Crippen LogP contribution is -2.18. The number of ether oxygens (including phenoxy) is 2. The van der Waals surface area contributed by atoms with E-state index in [9.17, 15) is 13.2 Å². The number of nitrogens with one attached hydrogen (secondary N) is 1. The molecule has 0 saturated heterocycles. The predicted octanol–water partition coefficient (Wildman–Crippen LogP) is 3.57. The normalized spacial score (nSPS) is 13.1. The Morgan fingerprint density at radius 1 is 1.06 bits per heavy atom. The Kier molecular flexibility index (Phi) is 7.27. The summed E-state index contributed by atoms with van der Waals surface area (Å²) in [7, 11) is -1.29. The van der Waals surface area contributed by atoms with Gasteiger partial charge in [0.05, 0.1) is 37.7 Å². The molecule has 0 fully saturated rings. The molecule has 3 rings (SSSR count). The molecule has 10 heteroatoms. The highest BCUT2D eigenvalue weighted by Crippen LogP contribution is 2.31. The monoisotopic (exact) mass is 470 g/mol. The molecular formula is C23H26N4O5S. The van der Waals surface area contributed by atoms with Gasteiger partial charge in [-0.15, -0.1) is 0 Å². The van der Waals surface area contributed by atoms with Crippen LogP contribution in [0.25, 0.3) is 11.3 Å². The molecule has 0 spiro atoms. The van der Waals surface area contributed by atoms with E-state index in [2.05, 4.69) is 19.7 Å². The Labute approximate surface area is 193 Å². The van der Waals surface area contributed by atoms with E-state index in [0.717, 1.165) is 5.56 Å². The highest BCUT2D eigenvalue weighted by atomic mass is 32.2. The third-order valence-corrected chi connectivity index (χ3v) is 6.75. The second kappa shape index (κ2) is 9.95. The van der Waals surface area contributed by atoms with Gasteiger partial charge >= 0.3 is 5.97 Å². The van der Waals surface area contributed by atoms with Crippen molar-refractivity contribution in [3.8, 4) is 17.1 Å². The minimum absolute atomic E-state index is 0.0149. The van der Waals surface area contributed by atoms with Crippen molar-refractivity contribution in [3.05, 3.63) is 60.0 Å². The number of carbonyl (C=O) groups excluding carboxylic acids is 1. The highest BCUT2D eigenvalue weighted by molar-refractivity contribution is 7.92. The van der Waals surface area contributed by atoms with Gasteiger partial charge in [0.15, 0.2) is 0 Å². The molecule has 1 N–H and O–H groups in total.